The van der Waals surface area contributed by atoms with Crippen LogP contribution in [-0.2, 0) is 0 Å². The van der Waals surface area contributed by atoms with Crippen LogP contribution in [-0.4, -0.2) is 20.8 Å². The minimum Gasteiger partial charge on any atom is -0.493 e. The number of hydrogen-bond acceptors (Lipinski definition) is 3. The Hall–Kier alpha value is -0.930. The molecule has 1 rings (SSSR count). The van der Waals surface area contributed by atoms with Crippen LogP contribution in [0.4, 0.5) is 0 Å². The van der Waals surface area contributed by atoms with Crippen LogP contribution in [0.5, 0.6) is 11.5 Å². The molecule has 1 unspecified atom stereocenters. The van der Waals surface area contributed by atoms with Gasteiger partial charge in [0.1, 0.15) is 0 Å². The summed E-state index contributed by atoms with van der Waals surface area (Å²) in [5.41, 5.74) is 1.06. The summed E-state index contributed by atoms with van der Waals surface area (Å²) in [6.07, 6.45) is 1.03. The van der Waals surface area contributed by atoms with E-state index >= 15 is 0 Å². The molecule has 0 aliphatic heterocycles. The van der Waals surface area contributed by atoms with Gasteiger partial charge in [0.15, 0.2) is 11.5 Å². The highest BCUT2D eigenvalue weighted by Crippen LogP contribution is 2.37. The first kappa shape index (κ1) is 16.1. The number of halogens is 1. The average Bonchev–Trinajstić information content (AvgIpc) is 2.37. The lowest BCUT2D eigenvalue weighted by molar-refractivity contribution is 0.353. The SMILES string of the molecule is CCNC(CC(C)C)c1cc(OC)c(OC)cc1Cl. The van der Waals surface area contributed by atoms with Crippen LogP contribution in [0.1, 0.15) is 38.8 Å². The summed E-state index contributed by atoms with van der Waals surface area (Å²) >= 11 is 6.38. The smallest absolute Gasteiger partial charge is 0.162 e. The molecule has 1 aromatic rings. The van der Waals surface area contributed by atoms with E-state index in [9.17, 15) is 0 Å². The Kier molecular flexibility index (Phi) is 6.46. The van der Waals surface area contributed by atoms with Gasteiger partial charge in [0, 0.05) is 17.1 Å². The van der Waals surface area contributed by atoms with Gasteiger partial charge in [0.05, 0.1) is 14.2 Å². The highest BCUT2D eigenvalue weighted by atomic mass is 35.5. The van der Waals surface area contributed by atoms with Gasteiger partial charge in [-0.1, -0.05) is 32.4 Å². The van der Waals surface area contributed by atoms with Crippen molar-refractivity contribution in [2.75, 3.05) is 20.8 Å². The summed E-state index contributed by atoms with van der Waals surface area (Å²) in [5.74, 6) is 1.97. The molecule has 0 spiro atoms. The van der Waals surface area contributed by atoms with E-state index in [2.05, 4.69) is 26.1 Å². The second-order valence-corrected chi connectivity index (χ2v) is 5.38. The molecule has 1 aromatic carbocycles. The van der Waals surface area contributed by atoms with Gasteiger partial charge in [-0.25, -0.2) is 0 Å². The predicted octanol–water partition coefficient (Wildman–Crippen LogP) is 4.05. The Morgan fingerprint density at radius 3 is 2.21 bits per heavy atom. The van der Waals surface area contributed by atoms with Crippen molar-refractivity contribution in [2.24, 2.45) is 5.92 Å². The quantitative estimate of drug-likeness (QED) is 0.820. The van der Waals surface area contributed by atoms with E-state index in [0.29, 0.717) is 22.4 Å². The summed E-state index contributed by atoms with van der Waals surface area (Å²) in [6.45, 7) is 7.42. The molecule has 1 atom stereocenters. The van der Waals surface area contributed by atoms with Crippen LogP contribution in [0.15, 0.2) is 12.1 Å². The Morgan fingerprint density at radius 2 is 1.74 bits per heavy atom. The molecule has 0 aliphatic carbocycles. The Labute approximate surface area is 121 Å². The standard InChI is InChI=1S/C15H24ClNO2/c1-6-17-13(7-10(2)3)11-8-14(18-4)15(19-5)9-12(11)16/h8-10,13,17H,6-7H2,1-5H3. The normalized spacial score (nSPS) is 12.6. The lowest BCUT2D eigenvalue weighted by Crippen LogP contribution is -2.22. The number of benzene rings is 1. The minimum atomic E-state index is 0.234. The number of ether oxygens (including phenoxy) is 2. The molecule has 0 fully saturated rings. The second kappa shape index (κ2) is 7.61. The maximum absolute atomic E-state index is 6.38. The highest BCUT2D eigenvalue weighted by Gasteiger charge is 2.18. The molecule has 0 bridgehead atoms. The molecule has 4 heteroatoms. The Morgan fingerprint density at radius 1 is 1.16 bits per heavy atom. The molecule has 0 radical (unpaired) electrons. The van der Waals surface area contributed by atoms with E-state index in [1.807, 2.05) is 12.1 Å². The van der Waals surface area contributed by atoms with Gasteiger partial charge in [-0.05, 0) is 30.5 Å². The first-order chi connectivity index (χ1) is 9.03. The third kappa shape index (κ3) is 4.29. The second-order valence-electron chi connectivity index (χ2n) is 4.97. The Balaban J connectivity index is 3.14. The van der Waals surface area contributed by atoms with Crippen LogP contribution < -0.4 is 14.8 Å². The largest absolute Gasteiger partial charge is 0.493 e. The number of nitrogens with one attached hydrogen (secondary N) is 1. The average molecular weight is 286 g/mol. The van der Waals surface area contributed by atoms with Gasteiger partial charge in [-0.3, -0.25) is 0 Å². The van der Waals surface area contributed by atoms with Crippen molar-refractivity contribution < 1.29 is 9.47 Å². The third-order valence-electron chi connectivity index (χ3n) is 3.04. The molecule has 0 aromatic heterocycles. The van der Waals surface area contributed by atoms with Gasteiger partial charge in [0.2, 0.25) is 0 Å². The van der Waals surface area contributed by atoms with Gasteiger partial charge in [-0.15, -0.1) is 0 Å². The minimum absolute atomic E-state index is 0.234. The van der Waals surface area contributed by atoms with Gasteiger partial charge in [-0.2, -0.15) is 0 Å². The molecule has 0 saturated carbocycles. The van der Waals surface area contributed by atoms with Crippen LogP contribution in [0.3, 0.4) is 0 Å². The fraction of sp³-hybridized carbons (Fsp3) is 0.600. The van der Waals surface area contributed by atoms with E-state index in [0.717, 1.165) is 18.5 Å². The summed E-state index contributed by atoms with van der Waals surface area (Å²) in [4.78, 5) is 0. The Bertz CT molecular complexity index is 407. The van der Waals surface area contributed by atoms with Gasteiger partial charge >= 0.3 is 0 Å². The fourth-order valence-electron chi connectivity index (χ4n) is 2.18. The molecule has 1 N–H and O–H groups in total. The maximum atomic E-state index is 6.38. The molecular weight excluding hydrogens is 262 g/mol. The van der Waals surface area contributed by atoms with Crippen LogP contribution in [0.2, 0.25) is 5.02 Å². The van der Waals surface area contributed by atoms with Crippen LogP contribution >= 0.6 is 11.6 Å². The molecule has 0 aliphatic rings. The van der Waals surface area contributed by atoms with E-state index in [-0.39, 0.29) is 6.04 Å². The van der Waals surface area contributed by atoms with Crippen molar-refractivity contribution in [3.8, 4) is 11.5 Å². The fourth-order valence-corrected chi connectivity index (χ4v) is 2.46. The summed E-state index contributed by atoms with van der Waals surface area (Å²) in [5, 5.41) is 4.19. The first-order valence-corrected chi connectivity index (χ1v) is 7.06. The third-order valence-corrected chi connectivity index (χ3v) is 3.36. The van der Waals surface area contributed by atoms with E-state index < -0.39 is 0 Å². The van der Waals surface area contributed by atoms with Crippen molar-refractivity contribution in [2.45, 2.75) is 33.2 Å². The zero-order valence-electron chi connectivity index (χ0n) is 12.4. The van der Waals surface area contributed by atoms with Crippen molar-refractivity contribution in [1.82, 2.24) is 5.32 Å². The van der Waals surface area contributed by atoms with Crippen molar-refractivity contribution in [1.29, 1.82) is 0 Å². The molecule has 0 heterocycles. The number of hydrogen-bond donors (Lipinski definition) is 1. The number of methoxy groups -OCH3 is 2. The van der Waals surface area contributed by atoms with Crippen LogP contribution in [0, 0.1) is 5.92 Å². The molecule has 3 nitrogen and oxygen atoms in total. The molecule has 0 amide bonds. The maximum Gasteiger partial charge on any atom is 0.162 e. The van der Waals surface area contributed by atoms with Crippen molar-refractivity contribution in [3.05, 3.63) is 22.7 Å². The summed E-state index contributed by atoms with van der Waals surface area (Å²) in [6, 6.07) is 4.02. The van der Waals surface area contributed by atoms with Gasteiger partial charge in [0.25, 0.3) is 0 Å². The summed E-state index contributed by atoms with van der Waals surface area (Å²) < 4.78 is 10.6. The van der Waals surface area contributed by atoms with Gasteiger partial charge < -0.3 is 14.8 Å². The van der Waals surface area contributed by atoms with E-state index in [1.54, 1.807) is 14.2 Å². The lowest BCUT2D eigenvalue weighted by atomic mass is 9.96. The number of rotatable bonds is 7. The highest BCUT2D eigenvalue weighted by molar-refractivity contribution is 6.31. The monoisotopic (exact) mass is 285 g/mol. The zero-order chi connectivity index (χ0) is 14.4. The van der Waals surface area contributed by atoms with Crippen LogP contribution in [0.25, 0.3) is 0 Å². The molecule has 19 heavy (non-hydrogen) atoms. The molecule has 0 saturated heterocycles. The molecular formula is C15H24ClNO2. The van der Waals surface area contributed by atoms with E-state index in [4.69, 9.17) is 21.1 Å². The zero-order valence-corrected chi connectivity index (χ0v) is 13.2. The van der Waals surface area contributed by atoms with E-state index in [1.165, 1.54) is 0 Å². The topological polar surface area (TPSA) is 30.5 Å². The van der Waals surface area contributed by atoms with Crippen molar-refractivity contribution in [3.63, 3.8) is 0 Å². The summed E-state index contributed by atoms with van der Waals surface area (Å²) in [7, 11) is 3.25. The predicted molar refractivity (Wildman–Crippen MR) is 80.4 cm³/mol. The molecule has 108 valence electrons. The van der Waals surface area contributed by atoms with Crippen molar-refractivity contribution >= 4 is 11.6 Å². The lowest BCUT2D eigenvalue weighted by Gasteiger charge is -2.22. The first-order valence-electron chi connectivity index (χ1n) is 6.68.